The molecule has 0 fully saturated rings. The van der Waals surface area contributed by atoms with E-state index >= 15 is 0 Å². The number of hydrogen-bond acceptors (Lipinski definition) is 3. The first-order chi connectivity index (χ1) is 10.2. The van der Waals surface area contributed by atoms with E-state index in [0.29, 0.717) is 6.54 Å². The summed E-state index contributed by atoms with van der Waals surface area (Å²) in [7, 11) is 3.35. The van der Waals surface area contributed by atoms with E-state index in [1.807, 2.05) is 30.3 Å². The third-order valence-corrected chi connectivity index (χ3v) is 4.60. The zero-order valence-electron chi connectivity index (χ0n) is 12.0. The van der Waals surface area contributed by atoms with Gasteiger partial charge in [0.25, 0.3) is 0 Å². The summed E-state index contributed by atoms with van der Waals surface area (Å²) in [6.45, 7) is 0.677. The lowest BCUT2D eigenvalue weighted by Gasteiger charge is -2.22. The van der Waals surface area contributed by atoms with Gasteiger partial charge in [-0.15, -0.1) is 0 Å². The van der Waals surface area contributed by atoms with E-state index in [0.717, 1.165) is 22.8 Å². The molecule has 0 amide bonds. The molecule has 1 atom stereocenters. The Hall–Kier alpha value is -1.81. The molecule has 1 aliphatic heterocycles. The monoisotopic (exact) mass is 345 g/mol. The second-order valence-electron chi connectivity index (χ2n) is 4.86. The van der Waals surface area contributed by atoms with Crippen LogP contribution in [0.1, 0.15) is 21.5 Å². The van der Waals surface area contributed by atoms with Crippen molar-refractivity contribution in [3.05, 3.63) is 59.2 Å². The Balaban J connectivity index is 1.93. The highest BCUT2D eigenvalue weighted by atomic mass is 79.9. The molecule has 2 aromatic rings. The van der Waals surface area contributed by atoms with Gasteiger partial charge < -0.3 is 9.47 Å². The van der Waals surface area contributed by atoms with Gasteiger partial charge in [-0.25, -0.2) is 0 Å². The largest absolute Gasteiger partial charge is 0.497 e. The van der Waals surface area contributed by atoms with Crippen molar-refractivity contribution >= 4 is 21.6 Å². The molecule has 1 aliphatic rings. The molecular formula is C17H16BrNO2. The van der Waals surface area contributed by atoms with Gasteiger partial charge in [0.15, 0.2) is 0 Å². The van der Waals surface area contributed by atoms with Crippen LogP contribution in [-0.2, 0) is 6.54 Å². The van der Waals surface area contributed by atoms with Gasteiger partial charge >= 0.3 is 0 Å². The van der Waals surface area contributed by atoms with Crippen molar-refractivity contribution in [3.8, 4) is 11.5 Å². The number of rotatable bonds is 3. The number of hydrogen-bond donors (Lipinski definition) is 0. The van der Waals surface area contributed by atoms with E-state index in [4.69, 9.17) is 14.5 Å². The van der Waals surface area contributed by atoms with Crippen LogP contribution in [-0.4, -0.2) is 19.9 Å². The Bertz CT molecular complexity index is 680. The van der Waals surface area contributed by atoms with Crippen molar-refractivity contribution in [2.24, 2.45) is 4.99 Å². The van der Waals surface area contributed by atoms with Gasteiger partial charge in [0.2, 0.25) is 0 Å². The second-order valence-corrected chi connectivity index (χ2v) is 5.77. The van der Waals surface area contributed by atoms with Crippen molar-refractivity contribution < 1.29 is 9.47 Å². The number of aliphatic imine (C=N–C) groups is 1. The topological polar surface area (TPSA) is 30.8 Å². The fourth-order valence-electron chi connectivity index (χ4n) is 2.49. The lowest BCUT2D eigenvalue weighted by Crippen LogP contribution is -2.15. The quantitative estimate of drug-likeness (QED) is 0.782. The number of benzene rings is 2. The summed E-state index contributed by atoms with van der Waals surface area (Å²) in [4.78, 5) is 4.82. The van der Waals surface area contributed by atoms with Gasteiger partial charge in [0.1, 0.15) is 11.5 Å². The molecule has 1 heterocycles. The first kappa shape index (κ1) is 14.1. The van der Waals surface area contributed by atoms with Crippen LogP contribution in [0.25, 0.3) is 0 Å². The summed E-state index contributed by atoms with van der Waals surface area (Å²) < 4.78 is 10.5. The van der Waals surface area contributed by atoms with E-state index in [9.17, 15) is 0 Å². The van der Waals surface area contributed by atoms with Crippen LogP contribution in [0.15, 0.2) is 47.5 Å². The van der Waals surface area contributed by atoms with Crippen LogP contribution in [0.5, 0.6) is 11.5 Å². The van der Waals surface area contributed by atoms with Crippen molar-refractivity contribution in [3.63, 3.8) is 0 Å². The van der Waals surface area contributed by atoms with Crippen molar-refractivity contribution in [2.75, 3.05) is 14.2 Å². The lowest BCUT2D eigenvalue weighted by atomic mass is 9.95. The van der Waals surface area contributed by atoms with Crippen LogP contribution in [0, 0.1) is 0 Å². The standard InChI is InChI=1S/C17H16BrNO2/c1-20-13-5-3-11(4-6-13)17-16(18)15-8-7-14(21-2)9-12(15)10-19-17/h3-9,16H,10H2,1-2H3. The van der Waals surface area contributed by atoms with Gasteiger partial charge in [-0.3, -0.25) is 4.99 Å². The number of halogens is 1. The third-order valence-electron chi connectivity index (χ3n) is 3.67. The highest BCUT2D eigenvalue weighted by Gasteiger charge is 2.23. The Labute approximate surface area is 132 Å². The van der Waals surface area contributed by atoms with E-state index in [-0.39, 0.29) is 4.83 Å². The molecule has 0 saturated heterocycles. The molecule has 108 valence electrons. The number of nitrogens with zero attached hydrogens (tertiary/aromatic N) is 1. The number of fused-ring (bicyclic) bond motifs is 1. The fraction of sp³-hybridized carbons (Fsp3) is 0.235. The average molecular weight is 346 g/mol. The highest BCUT2D eigenvalue weighted by molar-refractivity contribution is 9.09. The molecule has 1 unspecified atom stereocenters. The summed E-state index contributed by atoms with van der Waals surface area (Å²) in [6.07, 6.45) is 0. The normalized spacial score (nSPS) is 16.9. The molecule has 0 bridgehead atoms. The van der Waals surface area contributed by atoms with E-state index in [1.54, 1.807) is 14.2 Å². The van der Waals surface area contributed by atoms with Gasteiger partial charge in [0, 0.05) is 0 Å². The third kappa shape index (κ3) is 2.68. The molecule has 0 N–H and O–H groups in total. The first-order valence-corrected chi connectivity index (χ1v) is 7.64. The summed E-state index contributed by atoms with van der Waals surface area (Å²) >= 11 is 3.77. The minimum Gasteiger partial charge on any atom is -0.497 e. The Morgan fingerprint density at radius 3 is 2.33 bits per heavy atom. The summed E-state index contributed by atoms with van der Waals surface area (Å²) in [6, 6.07) is 14.1. The van der Waals surface area contributed by atoms with Crippen LogP contribution in [0.2, 0.25) is 0 Å². The zero-order chi connectivity index (χ0) is 14.8. The molecule has 0 radical (unpaired) electrons. The summed E-state index contributed by atoms with van der Waals surface area (Å²) in [5.41, 5.74) is 4.61. The minimum absolute atomic E-state index is 0.0977. The molecule has 21 heavy (non-hydrogen) atoms. The van der Waals surface area contributed by atoms with Gasteiger partial charge in [-0.05, 0) is 53.1 Å². The molecule has 3 nitrogen and oxygen atoms in total. The van der Waals surface area contributed by atoms with Crippen LogP contribution >= 0.6 is 15.9 Å². The van der Waals surface area contributed by atoms with Crippen molar-refractivity contribution in [1.82, 2.24) is 0 Å². The summed E-state index contributed by atoms with van der Waals surface area (Å²) in [5.74, 6) is 1.72. The van der Waals surface area contributed by atoms with E-state index in [1.165, 1.54) is 11.1 Å². The minimum atomic E-state index is 0.0977. The molecule has 4 heteroatoms. The maximum absolute atomic E-state index is 5.27. The number of ether oxygens (including phenoxy) is 2. The average Bonchev–Trinajstić information content (AvgIpc) is 2.55. The zero-order valence-corrected chi connectivity index (χ0v) is 13.6. The predicted molar refractivity (Wildman–Crippen MR) is 87.9 cm³/mol. The Morgan fingerprint density at radius 2 is 1.67 bits per heavy atom. The predicted octanol–water partition coefficient (Wildman–Crippen LogP) is 4.14. The fourth-order valence-corrected chi connectivity index (χ4v) is 3.35. The maximum Gasteiger partial charge on any atom is 0.119 e. The molecule has 0 aromatic heterocycles. The SMILES string of the molecule is COc1ccc(C2=NCc3cc(OC)ccc3C2Br)cc1. The molecule has 3 rings (SSSR count). The maximum atomic E-state index is 5.27. The first-order valence-electron chi connectivity index (χ1n) is 6.72. The van der Waals surface area contributed by atoms with Gasteiger partial charge in [0.05, 0.1) is 31.3 Å². The number of methoxy groups -OCH3 is 2. The van der Waals surface area contributed by atoms with Crippen LogP contribution in [0.4, 0.5) is 0 Å². The Morgan fingerprint density at radius 1 is 1.00 bits per heavy atom. The van der Waals surface area contributed by atoms with E-state index in [2.05, 4.69) is 28.1 Å². The Kier molecular flexibility index (Phi) is 3.97. The van der Waals surface area contributed by atoms with Crippen molar-refractivity contribution in [2.45, 2.75) is 11.4 Å². The molecule has 0 aliphatic carbocycles. The van der Waals surface area contributed by atoms with Crippen molar-refractivity contribution in [1.29, 1.82) is 0 Å². The van der Waals surface area contributed by atoms with Gasteiger partial charge in [-0.1, -0.05) is 22.0 Å². The van der Waals surface area contributed by atoms with Gasteiger partial charge in [-0.2, -0.15) is 0 Å². The molecule has 0 saturated carbocycles. The highest BCUT2D eigenvalue weighted by Crippen LogP contribution is 2.36. The molecule has 2 aromatic carbocycles. The van der Waals surface area contributed by atoms with Crippen LogP contribution in [0.3, 0.4) is 0 Å². The second kappa shape index (κ2) is 5.90. The summed E-state index contributed by atoms with van der Waals surface area (Å²) in [5, 5.41) is 0. The lowest BCUT2D eigenvalue weighted by molar-refractivity contribution is 0.414. The molecular weight excluding hydrogens is 330 g/mol. The number of alkyl halides is 1. The van der Waals surface area contributed by atoms with E-state index < -0.39 is 0 Å². The molecule has 0 spiro atoms. The smallest absolute Gasteiger partial charge is 0.119 e. The van der Waals surface area contributed by atoms with Crippen LogP contribution < -0.4 is 9.47 Å².